The summed E-state index contributed by atoms with van der Waals surface area (Å²) in [5, 5.41) is 6.32. The van der Waals surface area contributed by atoms with E-state index in [-0.39, 0.29) is 12.5 Å². The van der Waals surface area contributed by atoms with E-state index >= 15 is 0 Å². The highest BCUT2D eigenvalue weighted by Crippen LogP contribution is 2.22. The lowest BCUT2D eigenvalue weighted by atomic mass is 10.3. The third-order valence-electron chi connectivity index (χ3n) is 2.47. The van der Waals surface area contributed by atoms with Crippen molar-refractivity contribution in [2.75, 3.05) is 6.61 Å². The Balaban J connectivity index is 1.80. The van der Waals surface area contributed by atoms with Gasteiger partial charge < -0.3 is 4.74 Å². The fourth-order valence-electron chi connectivity index (χ4n) is 1.42. The number of hydrogen-bond donors (Lipinski definition) is 1. The van der Waals surface area contributed by atoms with Crippen molar-refractivity contribution in [1.29, 1.82) is 0 Å². The Labute approximate surface area is 126 Å². The zero-order valence-electron chi connectivity index (χ0n) is 10.8. The summed E-state index contributed by atoms with van der Waals surface area (Å²) in [6.07, 6.45) is 1.62. The molecule has 104 valence electrons. The van der Waals surface area contributed by atoms with Crippen molar-refractivity contribution in [3.63, 3.8) is 0 Å². The molecule has 1 aromatic heterocycles. The molecule has 0 atom stereocenters. The zero-order chi connectivity index (χ0) is 14.4. The van der Waals surface area contributed by atoms with Crippen LogP contribution in [-0.4, -0.2) is 18.7 Å². The number of halogens is 1. The van der Waals surface area contributed by atoms with Gasteiger partial charge in [0.15, 0.2) is 6.61 Å². The van der Waals surface area contributed by atoms with Crippen LogP contribution in [0.1, 0.15) is 10.4 Å². The molecule has 0 aliphatic heterocycles. The maximum atomic E-state index is 11.6. The van der Waals surface area contributed by atoms with E-state index in [0.29, 0.717) is 10.8 Å². The van der Waals surface area contributed by atoms with E-state index < -0.39 is 0 Å². The number of hydrazone groups is 1. The lowest BCUT2D eigenvalue weighted by Gasteiger charge is -2.06. The van der Waals surface area contributed by atoms with Gasteiger partial charge in [-0.15, -0.1) is 11.3 Å². The lowest BCUT2D eigenvalue weighted by molar-refractivity contribution is -0.123. The summed E-state index contributed by atoms with van der Waals surface area (Å²) in [7, 11) is 0. The number of para-hydroxylation sites is 1. The van der Waals surface area contributed by atoms with E-state index in [2.05, 4.69) is 10.5 Å². The van der Waals surface area contributed by atoms with Gasteiger partial charge in [-0.25, -0.2) is 5.43 Å². The van der Waals surface area contributed by atoms with Gasteiger partial charge in [0, 0.05) is 4.88 Å². The van der Waals surface area contributed by atoms with Crippen molar-refractivity contribution in [2.45, 2.75) is 6.92 Å². The maximum Gasteiger partial charge on any atom is 0.277 e. The summed E-state index contributed by atoms with van der Waals surface area (Å²) in [4.78, 5) is 12.6. The summed E-state index contributed by atoms with van der Waals surface area (Å²) in [6, 6.07) is 8.98. The number of hydrogen-bond acceptors (Lipinski definition) is 4. The number of nitrogens with one attached hydrogen (secondary N) is 1. The summed E-state index contributed by atoms with van der Waals surface area (Å²) < 4.78 is 5.29. The van der Waals surface area contributed by atoms with Crippen molar-refractivity contribution in [3.05, 3.63) is 51.2 Å². The standard InChI is InChI=1S/C14H13ClN2O2S/c1-10-6-7-20-13(10)8-16-17-14(18)9-19-12-5-3-2-4-11(12)15/h2-8H,9H2,1H3,(H,17,18)/b16-8-. The SMILES string of the molecule is Cc1ccsc1/C=N\NC(=O)COc1ccccc1Cl. The van der Waals surface area contributed by atoms with E-state index in [0.717, 1.165) is 10.4 Å². The van der Waals surface area contributed by atoms with Crippen LogP contribution in [0, 0.1) is 6.92 Å². The molecule has 4 nitrogen and oxygen atoms in total. The second-order valence-electron chi connectivity index (χ2n) is 3.98. The predicted molar refractivity (Wildman–Crippen MR) is 81.7 cm³/mol. The highest BCUT2D eigenvalue weighted by molar-refractivity contribution is 7.11. The van der Waals surface area contributed by atoms with Gasteiger partial charge in [0.1, 0.15) is 5.75 Å². The Morgan fingerprint density at radius 2 is 2.25 bits per heavy atom. The van der Waals surface area contributed by atoms with Crippen LogP contribution in [0.5, 0.6) is 5.75 Å². The molecule has 0 bridgehead atoms. The highest BCUT2D eigenvalue weighted by atomic mass is 35.5. The van der Waals surface area contributed by atoms with Gasteiger partial charge in [-0.05, 0) is 36.1 Å². The van der Waals surface area contributed by atoms with E-state index in [4.69, 9.17) is 16.3 Å². The molecule has 0 unspecified atom stereocenters. The van der Waals surface area contributed by atoms with Crippen molar-refractivity contribution in [3.8, 4) is 5.75 Å². The van der Waals surface area contributed by atoms with E-state index in [1.807, 2.05) is 18.4 Å². The minimum atomic E-state index is -0.338. The molecule has 0 saturated carbocycles. The van der Waals surface area contributed by atoms with Crippen molar-refractivity contribution >= 4 is 35.1 Å². The maximum absolute atomic E-state index is 11.6. The molecule has 0 aliphatic rings. The number of rotatable bonds is 5. The fourth-order valence-corrected chi connectivity index (χ4v) is 2.39. The molecule has 0 radical (unpaired) electrons. The number of aryl methyl sites for hydroxylation is 1. The molecule has 0 spiro atoms. The Morgan fingerprint density at radius 3 is 2.95 bits per heavy atom. The summed E-state index contributed by atoms with van der Waals surface area (Å²) in [5.74, 6) is 0.137. The third-order valence-corrected chi connectivity index (χ3v) is 3.73. The second kappa shape index (κ2) is 7.07. The van der Waals surface area contributed by atoms with Gasteiger partial charge in [-0.2, -0.15) is 5.10 Å². The quantitative estimate of drug-likeness (QED) is 0.681. The first-order valence-corrected chi connectivity index (χ1v) is 7.16. The first kappa shape index (κ1) is 14.6. The topological polar surface area (TPSA) is 50.7 Å². The molecule has 6 heteroatoms. The molecular weight excluding hydrogens is 296 g/mol. The number of thiophene rings is 1. The largest absolute Gasteiger partial charge is 0.482 e. The average molecular weight is 309 g/mol. The lowest BCUT2D eigenvalue weighted by Crippen LogP contribution is -2.24. The number of benzene rings is 1. The molecule has 0 saturated heterocycles. The smallest absolute Gasteiger partial charge is 0.277 e. The molecule has 20 heavy (non-hydrogen) atoms. The minimum Gasteiger partial charge on any atom is -0.482 e. The Kier molecular flexibility index (Phi) is 5.15. The molecule has 0 aliphatic carbocycles. The van der Waals surface area contributed by atoms with E-state index in [1.54, 1.807) is 41.8 Å². The van der Waals surface area contributed by atoms with Gasteiger partial charge in [0.2, 0.25) is 0 Å². The van der Waals surface area contributed by atoms with Crippen LogP contribution in [0.3, 0.4) is 0 Å². The zero-order valence-corrected chi connectivity index (χ0v) is 12.4. The molecule has 1 aromatic carbocycles. The van der Waals surface area contributed by atoms with Crippen LogP contribution >= 0.6 is 22.9 Å². The van der Waals surface area contributed by atoms with Gasteiger partial charge in [0.25, 0.3) is 5.91 Å². The Morgan fingerprint density at radius 1 is 1.45 bits per heavy atom. The molecular formula is C14H13ClN2O2S. The monoisotopic (exact) mass is 308 g/mol. The van der Waals surface area contributed by atoms with Gasteiger partial charge >= 0.3 is 0 Å². The van der Waals surface area contributed by atoms with Crippen molar-refractivity contribution < 1.29 is 9.53 Å². The fraction of sp³-hybridized carbons (Fsp3) is 0.143. The summed E-state index contributed by atoms with van der Waals surface area (Å²) >= 11 is 7.48. The van der Waals surface area contributed by atoms with Crippen LogP contribution in [0.25, 0.3) is 0 Å². The van der Waals surface area contributed by atoms with E-state index in [1.165, 1.54) is 0 Å². The summed E-state index contributed by atoms with van der Waals surface area (Å²) in [5.41, 5.74) is 3.53. The van der Waals surface area contributed by atoms with Crippen LogP contribution in [-0.2, 0) is 4.79 Å². The Hall–Kier alpha value is -1.85. The van der Waals surface area contributed by atoms with E-state index in [9.17, 15) is 4.79 Å². The van der Waals surface area contributed by atoms with Crippen molar-refractivity contribution in [1.82, 2.24) is 5.43 Å². The molecule has 2 rings (SSSR count). The third kappa shape index (κ3) is 4.08. The summed E-state index contributed by atoms with van der Waals surface area (Å²) in [6.45, 7) is 1.85. The van der Waals surface area contributed by atoms with Crippen LogP contribution in [0.15, 0.2) is 40.8 Å². The predicted octanol–water partition coefficient (Wildman–Crippen LogP) is 3.24. The molecule has 1 heterocycles. The first-order chi connectivity index (χ1) is 9.66. The van der Waals surface area contributed by atoms with Crippen LogP contribution < -0.4 is 10.2 Å². The number of nitrogens with zero attached hydrogens (tertiary/aromatic N) is 1. The van der Waals surface area contributed by atoms with Gasteiger partial charge in [-0.1, -0.05) is 23.7 Å². The van der Waals surface area contributed by atoms with Crippen LogP contribution in [0.4, 0.5) is 0 Å². The van der Waals surface area contributed by atoms with Gasteiger partial charge in [0.05, 0.1) is 11.2 Å². The molecule has 0 fully saturated rings. The Bertz CT molecular complexity index is 625. The van der Waals surface area contributed by atoms with Crippen molar-refractivity contribution in [2.24, 2.45) is 5.10 Å². The highest BCUT2D eigenvalue weighted by Gasteiger charge is 2.04. The number of carbonyl (C=O) groups excluding carboxylic acids is 1. The van der Waals surface area contributed by atoms with Crippen LogP contribution in [0.2, 0.25) is 5.02 Å². The van der Waals surface area contributed by atoms with Gasteiger partial charge in [-0.3, -0.25) is 4.79 Å². The molecule has 1 N–H and O–H groups in total. The molecule has 1 amide bonds. The minimum absolute atomic E-state index is 0.134. The number of ether oxygens (including phenoxy) is 1. The average Bonchev–Trinajstić information content (AvgIpc) is 2.84. The number of carbonyl (C=O) groups is 1. The second-order valence-corrected chi connectivity index (χ2v) is 5.34. The first-order valence-electron chi connectivity index (χ1n) is 5.90. The normalized spacial score (nSPS) is 10.7. The number of amides is 1. The molecule has 2 aromatic rings.